The molecule has 2 N–H and O–H groups in total. The van der Waals surface area contributed by atoms with Gasteiger partial charge in [-0.1, -0.05) is 0 Å². The minimum atomic E-state index is -2.90. The predicted octanol–water partition coefficient (Wildman–Crippen LogP) is 3.29. The zero-order chi connectivity index (χ0) is 25.7. The molecule has 6 rings (SSSR count). The summed E-state index contributed by atoms with van der Waals surface area (Å²) < 4.78 is 42.5. The summed E-state index contributed by atoms with van der Waals surface area (Å²) in [5, 5.41) is 10.7. The van der Waals surface area contributed by atoms with Crippen molar-refractivity contribution in [3.05, 3.63) is 42.4 Å². The number of nitrogens with one attached hydrogen (secondary N) is 2. The summed E-state index contributed by atoms with van der Waals surface area (Å²) in [6, 6.07) is 4.52. The van der Waals surface area contributed by atoms with Crippen LogP contribution in [0.15, 0.2) is 36.8 Å². The molecule has 1 saturated carbocycles. The van der Waals surface area contributed by atoms with Crippen LogP contribution < -0.4 is 10.6 Å². The maximum Gasteiger partial charge on any atom is 0.267 e. The van der Waals surface area contributed by atoms with Gasteiger partial charge in [0.1, 0.15) is 23.1 Å². The summed E-state index contributed by atoms with van der Waals surface area (Å²) in [7, 11) is 3.41. The molecule has 1 unspecified atom stereocenters. The number of anilines is 1. The van der Waals surface area contributed by atoms with Crippen molar-refractivity contribution in [2.45, 2.75) is 43.4 Å². The van der Waals surface area contributed by atoms with Crippen LogP contribution in [0.2, 0.25) is 0 Å². The minimum Gasteiger partial charge on any atom is -0.379 e. The van der Waals surface area contributed by atoms with E-state index in [4.69, 9.17) is 14.5 Å². The van der Waals surface area contributed by atoms with Gasteiger partial charge in [0.05, 0.1) is 30.6 Å². The van der Waals surface area contributed by atoms with Crippen LogP contribution in [-0.4, -0.2) is 75.5 Å². The standard InChI is InChI=1S/C25H27F2N7O3/c1-28-21-10-17(31-23-15(11-30-34(21)23)24(35)32-20-5-7-25(20,26)27)16-12-33(22-14(16)4-3-8-29-22)18-6-9-37-13-19(18)36-2/h3-4,8,10-12,18-20,28H,5-7,9,13H2,1-2H3,(H,32,35)/t18-,19+,20?/m0/s1. The van der Waals surface area contributed by atoms with Gasteiger partial charge in [-0.05, 0) is 25.0 Å². The van der Waals surface area contributed by atoms with E-state index < -0.39 is 17.9 Å². The highest BCUT2D eigenvalue weighted by Gasteiger charge is 2.49. The molecule has 4 aromatic rings. The van der Waals surface area contributed by atoms with E-state index in [1.54, 1.807) is 20.4 Å². The molecule has 1 amide bonds. The second-order valence-electron chi connectivity index (χ2n) is 9.43. The van der Waals surface area contributed by atoms with Gasteiger partial charge in [0.25, 0.3) is 11.8 Å². The average Bonchev–Trinajstić information content (AvgIpc) is 3.52. The first-order valence-electron chi connectivity index (χ1n) is 12.2. The summed E-state index contributed by atoms with van der Waals surface area (Å²) in [5.74, 6) is -2.93. The maximum absolute atomic E-state index is 13.8. The number of halogens is 2. The van der Waals surface area contributed by atoms with Crippen LogP contribution >= 0.6 is 0 Å². The van der Waals surface area contributed by atoms with Gasteiger partial charge in [0.15, 0.2) is 5.65 Å². The summed E-state index contributed by atoms with van der Waals surface area (Å²) >= 11 is 0. The van der Waals surface area contributed by atoms with Crippen LogP contribution in [0, 0.1) is 0 Å². The molecule has 2 aliphatic rings. The Labute approximate surface area is 211 Å². The molecule has 4 aromatic heterocycles. The molecule has 5 heterocycles. The van der Waals surface area contributed by atoms with Crippen molar-refractivity contribution in [3.8, 4) is 11.3 Å². The number of hydrogen-bond donors (Lipinski definition) is 2. The topological polar surface area (TPSA) is 108 Å². The number of fused-ring (bicyclic) bond motifs is 2. The predicted molar refractivity (Wildman–Crippen MR) is 132 cm³/mol. The van der Waals surface area contributed by atoms with Gasteiger partial charge in [0, 0.05) is 56.6 Å². The van der Waals surface area contributed by atoms with Crippen molar-refractivity contribution in [1.29, 1.82) is 0 Å². The minimum absolute atomic E-state index is 0.0258. The first kappa shape index (κ1) is 23.7. The molecule has 10 nitrogen and oxygen atoms in total. The highest BCUT2D eigenvalue weighted by atomic mass is 19.3. The van der Waals surface area contributed by atoms with Gasteiger partial charge in [-0.25, -0.2) is 18.7 Å². The third-order valence-corrected chi connectivity index (χ3v) is 7.35. The van der Waals surface area contributed by atoms with Crippen molar-refractivity contribution in [2.75, 3.05) is 32.7 Å². The summed E-state index contributed by atoms with van der Waals surface area (Å²) in [4.78, 5) is 22.4. The van der Waals surface area contributed by atoms with Crippen LogP contribution in [0.1, 0.15) is 35.7 Å². The monoisotopic (exact) mass is 511 g/mol. The number of carbonyl (C=O) groups is 1. The lowest BCUT2D eigenvalue weighted by Crippen LogP contribution is -2.55. The second kappa shape index (κ2) is 9.03. The van der Waals surface area contributed by atoms with E-state index in [2.05, 4.69) is 25.3 Å². The van der Waals surface area contributed by atoms with Crippen LogP contribution in [0.4, 0.5) is 14.6 Å². The first-order valence-corrected chi connectivity index (χ1v) is 12.2. The Hall–Kier alpha value is -3.64. The van der Waals surface area contributed by atoms with Gasteiger partial charge < -0.3 is 24.7 Å². The normalized spacial score (nSPS) is 23.2. The number of carbonyl (C=O) groups excluding carboxylic acids is 1. The molecule has 2 fully saturated rings. The molecule has 194 valence electrons. The van der Waals surface area contributed by atoms with Crippen molar-refractivity contribution >= 4 is 28.4 Å². The molecule has 0 spiro atoms. The van der Waals surface area contributed by atoms with E-state index in [1.807, 2.05) is 24.4 Å². The number of alkyl halides is 2. The number of nitrogens with zero attached hydrogens (tertiary/aromatic N) is 5. The molecule has 1 saturated heterocycles. The van der Waals surface area contributed by atoms with E-state index in [0.29, 0.717) is 24.7 Å². The summed E-state index contributed by atoms with van der Waals surface area (Å²) in [6.45, 7) is 1.11. The largest absolute Gasteiger partial charge is 0.379 e. The van der Waals surface area contributed by atoms with Gasteiger partial charge >= 0.3 is 0 Å². The van der Waals surface area contributed by atoms with Crippen LogP contribution in [0.25, 0.3) is 27.9 Å². The Morgan fingerprint density at radius 1 is 1.30 bits per heavy atom. The molecule has 12 heteroatoms. The number of hydrogen-bond acceptors (Lipinski definition) is 7. The Bertz CT molecular complexity index is 1480. The van der Waals surface area contributed by atoms with E-state index in [0.717, 1.165) is 23.0 Å². The lowest BCUT2D eigenvalue weighted by Gasteiger charge is -2.36. The summed E-state index contributed by atoms with van der Waals surface area (Å²) in [6.07, 6.45) is 5.75. The van der Waals surface area contributed by atoms with Crippen LogP contribution in [-0.2, 0) is 9.47 Å². The van der Waals surface area contributed by atoms with Gasteiger partial charge in [-0.15, -0.1) is 0 Å². The van der Waals surface area contributed by atoms with Crippen LogP contribution in [0.5, 0.6) is 0 Å². The maximum atomic E-state index is 13.8. The quantitative estimate of drug-likeness (QED) is 0.409. The fourth-order valence-electron chi connectivity index (χ4n) is 5.14. The molecular weight excluding hydrogens is 484 g/mol. The van der Waals surface area contributed by atoms with E-state index in [-0.39, 0.29) is 36.2 Å². The Morgan fingerprint density at radius 2 is 2.16 bits per heavy atom. The third kappa shape index (κ3) is 3.91. The molecular formula is C25H27F2N7O3. The van der Waals surface area contributed by atoms with Crippen molar-refractivity contribution in [3.63, 3.8) is 0 Å². The van der Waals surface area contributed by atoms with E-state index in [9.17, 15) is 13.6 Å². The number of aromatic nitrogens is 5. The highest BCUT2D eigenvalue weighted by Crippen LogP contribution is 2.38. The third-order valence-electron chi connectivity index (χ3n) is 7.35. The van der Waals surface area contributed by atoms with Gasteiger partial charge in [-0.3, -0.25) is 4.79 Å². The van der Waals surface area contributed by atoms with E-state index >= 15 is 0 Å². The molecule has 0 bridgehead atoms. The zero-order valence-corrected chi connectivity index (χ0v) is 20.4. The SMILES string of the molecule is CNc1cc(-c2cn([C@H]3CCOC[C@H]3OC)c3ncccc23)nc2c(C(=O)NC3CCC3(F)F)cnn12. The molecule has 0 aromatic carbocycles. The molecule has 3 atom stereocenters. The van der Waals surface area contributed by atoms with E-state index in [1.165, 1.54) is 10.7 Å². The van der Waals surface area contributed by atoms with Crippen molar-refractivity contribution in [2.24, 2.45) is 0 Å². The Morgan fingerprint density at radius 3 is 2.89 bits per heavy atom. The fourth-order valence-corrected chi connectivity index (χ4v) is 5.14. The zero-order valence-electron chi connectivity index (χ0n) is 20.4. The lowest BCUT2D eigenvalue weighted by atomic mass is 9.88. The average molecular weight is 512 g/mol. The smallest absolute Gasteiger partial charge is 0.267 e. The number of rotatable bonds is 6. The van der Waals surface area contributed by atoms with Crippen molar-refractivity contribution in [1.82, 2.24) is 29.5 Å². The Kier molecular flexibility index (Phi) is 5.80. The Balaban J connectivity index is 1.46. The molecule has 37 heavy (non-hydrogen) atoms. The number of methoxy groups -OCH3 is 1. The fraction of sp³-hybridized carbons (Fsp3) is 0.440. The van der Waals surface area contributed by atoms with Crippen molar-refractivity contribution < 1.29 is 23.0 Å². The molecule has 1 aliphatic heterocycles. The summed E-state index contributed by atoms with van der Waals surface area (Å²) in [5.41, 5.74) is 2.61. The van der Waals surface area contributed by atoms with Gasteiger partial charge in [-0.2, -0.15) is 9.61 Å². The number of pyridine rings is 1. The molecule has 1 aliphatic carbocycles. The molecule has 0 radical (unpaired) electrons. The van der Waals surface area contributed by atoms with Crippen LogP contribution in [0.3, 0.4) is 0 Å². The highest BCUT2D eigenvalue weighted by molar-refractivity contribution is 6.01. The van der Waals surface area contributed by atoms with Gasteiger partial charge in [0.2, 0.25) is 0 Å². The first-order chi connectivity index (χ1) is 17.9. The number of ether oxygens (including phenoxy) is 2. The second-order valence-corrected chi connectivity index (χ2v) is 9.43. The lowest BCUT2D eigenvalue weighted by molar-refractivity contribution is -0.102. The number of amides is 1.